The van der Waals surface area contributed by atoms with E-state index in [1.54, 1.807) is 36.5 Å². The Balaban J connectivity index is 1.81. The summed E-state index contributed by atoms with van der Waals surface area (Å²) in [5, 5.41) is 13.0. The lowest BCUT2D eigenvalue weighted by atomic mass is 10.1. The van der Waals surface area contributed by atoms with Crippen molar-refractivity contribution in [3.05, 3.63) is 74.7 Å². The molecule has 1 N–H and O–H groups in total. The van der Waals surface area contributed by atoms with E-state index in [2.05, 4.69) is 10.3 Å². The minimum Gasteiger partial charge on any atom is -0.438 e. The molecule has 2 aromatic heterocycles. The number of aromatic nitrogens is 2. The molecule has 162 valence electrons. The number of pyridine rings is 1. The number of hydrogen-bond acceptors (Lipinski definition) is 5. The second kappa shape index (κ2) is 9.25. The number of ether oxygens (including phenoxy) is 1. The molecule has 4 rings (SSSR count). The monoisotopic (exact) mass is 448 g/mol. The van der Waals surface area contributed by atoms with E-state index in [4.69, 9.17) is 16.3 Å². The SMILES string of the molecule is Cc1cccn2c(=O)c(/C=C(\C#N)C(=O)NC3CCCC3)c(Oc3ccc(Cl)cc3)nc12. The Kier molecular flexibility index (Phi) is 6.24. The highest BCUT2D eigenvalue weighted by Crippen LogP contribution is 2.26. The molecule has 0 saturated heterocycles. The zero-order valence-corrected chi connectivity index (χ0v) is 18.2. The first kappa shape index (κ1) is 21.6. The van der Waals surface area contributed by atoms with Crippen molar-refractivity contribution in [2.45, 2.75) is 38.6 Å². The van der Waals surface area contributed by atoms with Gasteiger partial charge in [-0.2, -0.15) is 10.2 Å². The molecule has 2 heterocycles. The Bertz CT molecular complexity index is 1300. The fourth-order valence-corrected chi connectivity index (χ4v) is 3.86. The zero-order chi connectivity index (χ0) is 22.7. The molecule has 1 fully saturated rings. The highest BCUT2D eigenvalue weighted by atomic mass is 35.5. The average molecular weight is 449 g/mol. The molecular weight excluding hydrogens is 428 g/mol. The van der Waals surface area contributed by atoms with Crippen LogP contribution in [0.1, 0.15) is 36.8 Å². The van der Waals surface area contributed by atoms with Gasteiger partial charge < -0.3 is 10.1 Å². The van der Waals surface area contributed by atoms with Crippen molar-refractivity contribution in [1.29, 1.82) is 5.26 Å². The van der Waals surface area contributed by atoms with E-state index in [1.807, 2.05) is 19.1 Å². The molecule has 0 radical (unpaired) electrons. The predicted molar refractivity (Wildman–Crippen MR) is 122 cm³/mol. The molecule has 1 aromatic carbocycles. The molecule has 3 aromatic rings. The van der Waals surface area contributed by atoms with Crippen molar-refractivity contribution in [3.63, 3.8) is 0 Å². The first-order valence-corrected chi connectivity index (χ1v) is 10.7. The van der Waals surface area contributed by atoms with Gasteiger partial charge >= 0.3 is 0 Å². The second-order valence-corrected chi connectivity index (χ2v) is 8.14. The predicted octanol–water partition coefficient (Wildman–Crippen LogP) is 4.41. The van der Waals surface area contributed by atoms with Crippen LogP contribution in [-0.4, -0.2) is 21.3 Å². The fourth-order valence-electron chi connectivity index (χ4n) is 3.73. The van der Waals surface area contributed by atoms with Crippen LogP contribution in [-0.2, 0) is 4.79 Å². The standard InChI is InChI=1S/C24H21ClN4O3/c1-15-5-4-12-29-21(15)28-23(32-19-10-8-17(25)9-11-19)20(24(29)31)13-16(14-26)22(30)27-18-6-2-3-7-18/h4-5,8-13,18H,2-3,6-7H2,1H3,(H,27,30)/b16-13+. The van der Waals surface area contributed by atoms with Gasteiger partial charge in [0.25, 0.3) is 11.5 Å². The van der Waals surface area contributed by atoms with E-state index in [-0.39, 0.29) is 23.1 Å². The summed E-state index contributed by atoms with van der Waals surface area (Å²) in [7, 11) is 0. The second-order valence-electron chi connectivity index (χ2n) is 7.70. The maximum absolute atomic E-state index is 13.3. The van der Waals surface area contributed by atoms with Crippen LogP contribution in [0.25, 0.3) is 11.7 Å². The summed E-state index contributed by atoms with van der Waals surface area (Å²) in [6.45, 7) is 1.83. The van der Waals surface area contributed by atoms with Gasteiger partial charge in [0, 0.05) is 17.3 Å². The third-order valence-corrected chi connectivity index (χ3v) is 5.67. The highest BCUT2D eigenvalue weighted by molar-refractivity contribution is 6.30. The first-order valence-electron chi connectivity index (χ1n) is 10.3. The van der Waals surface area contributed by atoms with Gasteiger partial charge in [-0.1, -0.05) is 30.5 Å². The number of amides is 1. The van der Waals surface area contributed by atoms with Gasteiger partial charge in [-0.25, -0.2) is 0 Å². The van der Waals surface area contributed by atoms with Crippen molar-refractivity contribution < 1.29 is 9.53 Å². The molecule has 1 saturated carbocycles. The summed E-state index contributed by atoms with van der Waals surface area (Å²) in [5.41, 5.74) is 0.600. The van der Waals surface area contributed by atoms with E-state index in [0.29, 0.717) is 16.4 Å². The van der Waals surface area contributed by atoms with Crippen LogP contribution in [0.5, 0.6) is 11.6 Å². The van der Waals surface area contributed by atoms with Crippen molar-refractivity contribution in [1.82, 2.24) is 14.7 Å². The Hall–Kier alpha value is -3.63. The number of hydrogen-bond donors (Lipinski definition) is 1. The van der Waals surface area contributed by atoms with Crippen molar-refractivity contribution in [2.75, 3.05) is 0 Å². The Morgan fingerprint density at radius 1 is 1.28 bits per heavy atom. The number of halogens is 1. The number of carbonyl (C=O) groups excluding carboxylic acids is 1. The molecule has 1 aliphatic rings. The summed E-state index contributed by atoms with van der Waals surface area (Å²) in [6, 6.07) is 12.1. The third kappa shape index (κ3) is 4.51. The summed E-state index contributed by atoms with van der Waals surface area (Å²) in [4.78, 5) is 30.5. The average Bonchev–Trinajstić information content (AvgIpc) is 3.29. The number of fused-ring (bicyclic) bond motifs is 1. The van der Waals surface area contributed by atoms with Gasteiger partial charge in [0.1, 0.15) is 28.6 Å². The maximum Gasteiger partial charge on any atom is 0.269 e. The first-order chi connectivity index (χ1) is 15.5. The summed E-state index contributed by atoms with van der Waals surface area (Å²) in [6.07, 6.45) is 6.70. The number of rotatable bonds is 5. The van der Waals surface area contributed by atoms with Gasteiger partial charge in [0.15, 0.2) is 0 Å². The van der Waals surface area contributed by atoms with Crippen LogP contribution in [0.3, 0.4) is 0 Å². The van der Waals surface area contributed by atoms with E-state index >= 15 is 0 Å². The van der Waals surface area contributed by atoms with Gasteiger partial charge in [0.05, 0.1) is 0 Å². The van der Waals surface area contributed by atoms with Crippen LogP contribution >= 0.6 is 11.6 Å². The number of benzene rings is 1. The Labute approximate surface area is 189 Å². The van der Waals surface area contributed by atoms with Gasteiger partial charge in [-0.15, -0.1) is 0 Å². The smallest absolute Gasteiger partial charge is 0.269 e. The topological polar surface area (TPSA) is 96.5 Å². The molecule has 0 aliphatic heterocycles. The Morgan fingerprint density at radius 2 is 2.00 bits per heavy atom. The molecule has 0 bridgehead atoms. The van der Waals surface area contributed by atoms with Crippen molar-refractivity contribution in [3.8, 4) is 17.7 Å². The van der Waals surface area contributed by atoms with Gasteiger partial charge in [-0.3, -0.25) is 14.0 Å². The lowest BCUT2D eigenvalue weighted by molar-refractivity contribution is -0.117. The molecule has 1 aliphatic carbocycles. The molecular formula is C24H21ClN4O3. The van der Waals surface area contributed by atoms with E-state index in [0.717, 1.165) is 31.2 Å². The maximum atomic E-state index is 13.3. The summed E-state index contributed by atoms with van der Waals surface area (Å²) < 4.78 is 7.27. The van der Waals surface area contributed by atoms with Crippen molar-refractivity contribution >= 4 is 29.2 Å². The van der Waals surface area contributed by atoms with Crippen LogP contribution in [0, 0.1) is 18.3 Å². The molecule has 7 nitrogen and oxygen atoms in total. The molecule has 1 amide bonds. The number of carbonyl (C=O) groups is 1. The van der Waals surface area contributed by atoms with Crippen LogP contribution in [0.15, 0.2) is 53.0 Å². The summed E-state index contributed by atoms with van der Waals surface area (Å²) >= 11 is 5.95. The summed E-state index contributed by atoms with van der Waals surface area (Å²) in [5.74, 6) is -0.0820. The molecule has 8 heteroatoms. The minimum absolute atomic E-state index is 0.00744. The quantitative estimate of drug-likeness (QED) is 0.460. The van der Waals surface area contributed by atoms with Gasteiger partial charge in [0.2, 0.25) is 5.88 Å². The number of nitriles is 1. The fraction of sp³-hybridized carbons (Fsp3) is 0.250. The highest BCUT2D eigenvalue weighted by Gasteiger charge is 2.21. The van der Waals surface area contributed by atoms with Crippen LogP contribution in [0.2, 0.25) is 5.02 Å². The lowest BCUT2D eigenvalue weighted by Gasteiger charge is -2.13. The number of aryl methyl sites for hydroxylation is 1. The largest absolute Gasteiger partial charge is 0.438 e. The van der Waals surface area contributed by atoms with Crippen LogP contribution < -0.4 is 15.6 Å². The molecule has 32 heavy (non-hydrogen) atoms. The Morgan fingerprint density at radius 3 is 2.69 bits per heavy atom. The van der Waals surface area contributed by atoms with E-state index in [1.165, 1.54) is 10.5 Å². The molecule has 0 spiro atoms. The van der Waals surface area contributed by atoms with Gasteiger partial charge in [-0.05, 0) is 61.7 Å². The molecule has 0 atom stereocenters. The normalized spacial score (nSPS) is 14.3. The zero-order valence-electron chi connectivity index (χ0n) is 17.5. The van der Waals surface area contributed by atoms with E-state index in [9.17, 15) is 14.9 Å². The number of nitrogens with zero attached hydrogens (tertiary/aromatic N) is 3. The third-order valence-electron chi connectivity index (χ3n) is 5.42. The van der Waals surface area contributed by atoms with Crippen molar-refractivity contribution in [2.24, 2.45) is 0 Å². The molecule has 0 unspecified atom stereocenters. The number of nitrogens with one attached hydrogen (secondary N) is 1. The van der Waals surface area contributed by atoms with Crippen LogP contribution in [0.4, 0.5) is 0 Å². The van der Waals surface area contributed by atoms with E-state index < -0.39 is 11.5 Å². The lowest BCUT2D eigenvalue weighted by Crippen LogP contribution is -2.33. The minimum atomic E-state index is -0.509.